The highest BCUT2D eigenvalue weighted by atomic mass is 16.5. The van der Waals surface area contributed by atoms with Gasteiger partial charge in [0, 0.05) is 111 Å². The van der Waals surface area contributed by atoms with Crippen LogP contribution in [0.15, 0.2) is 24.4 Å². The zero-order valence-corrected chi connectivity index (χ0v) is 51.1. The maximum atomic E-state index is 5.33. The maximum Gasteiger partial charge on any atom is 0.0994 e. The maximum absolute atomic E-state index is 5.33. The van der Waals surface area contributed by atoms with Gasteiger partial charge in [0.25, 0.3) is 0 Å². The van der Waals surface area contributed by atoms with Crippen LogP contribution in [0.25, 0.3) is 0 Å². The third-order valence-electron chi connectivity index (χ3n) is 14.5. The molecule has 7 heterocycles. The molecule has 7 aliphatic heterocycles. The highest BCUT2D eigenvalue weighted by molar-refractivity contribution is 4.95. The molecule has 5 fully saturated rings. The molecule has 0 atom stereocenters. The Labute approximate surface area is 438 Å². The van der Waals surface area contributed by atoms with E-state index in [-0.39, 0.29) is 5.54 Å². The quantitative estimate of drug-likeness (QED) is 0.238. The van der Waals surface area contributed by atoms with Crippen LogP contribution in [0.3, 0.4) is 0 Å². The SMILES string of the molecule is CC(C)(C)N1C=CCCC1.CC(C)(C)N1CC=CCC1.CC(C)(C)N1CCCCC1.CC(C)(C)N1CCCCC1.CC(C)(C)N1CCCOC1.CC(C)(C)N1CCNCC1.CC(C)(C)N1CCOCC1. The molecule has 0 bridgehead atoms. The summed E-state index contributed by atoms with van der Waals surface area (Å²) in [6.45, 7) is 68.0. The Kier molecular flexibility index (Phi) is 31.0. The summed E-state index contributed by atoms with van der Waals surface area (Å²) in [5.74, 6) is 0. The van der Waals surface area contributed by atoms with Gasteiger partial charge in [-0.2, -0.15) is 0 Å². The van der Waals surface area contributed by atoms with Gasteiger partial charge in [-0.3, -0.25) is 29.4 Å². The van der Waals surface area contributed by atoms with E-state index in [2.05, 4.69) is 209 Å². The van der Waals surface area contributed by atoms with Crippen LogP contribution < -0.4 is 5.32 Å². The first-order chi connectivity index (χ1) is 32.2. The van der Waals surface area contributed by atoms with Gasteiger partial charge in [0.15, 0.2) is 0 Å². The van der Waals surface area contributed by atoms with Gasteiger partial charge in [-0.05, 0) is 229 Å². The summed E-state index contributed by atoms with van der Waals surface area (Å²) >= 11 is 0. The lowest BCUT2D eigenvalue weighted by Crippen LogP contribution is -2.51. The fourth-order valence-electron chi connectivity index (χ4n) is 9.29. The second-order valence-electron chi connectivity index (χ2n) is 27.7. The van der Waals surface area contributed by atoms with Crippen molar-refractivity contribution in [1.82, 2.24) is 39.6 Å². The van der Waals surface area contributed by atoms with E-state index < -0.39 is 0 Å². The molecular formula is C60H124N8O2. The molecule has 0 aromatic carbocycles. The smallest absolute Gasteiger partial charge is 0.0994 e. The molecule has 0 unspecified atom stereocenters. The van der Waals surface area contributed by atoms with Gasteiger partial charge in [0.1, 0.15) is 0 Å². The zero-order valence-electron chi connectivity index (χ0n) is 51.1. The van der Waals surface area contributed by atoms with Crippen molar-refractivity contribution in [2.75, 3.05) is 118 Å². The minimum Gasteiger partial charge on any atom is -0.379 e. The van der Waals surface area contributed by atoms with Gasteiger partial charge in [0.2, 0.25) is 0 Å². The van der Waals surface area contributed by atoms with Gasteiger partial charge in [-0.1, -0.05) is 31.1 Å². The topological polar surface area (TPSA) is 53.2 Å². The standard InChI is InChI=1S/2C9H19N.2C9H17N.C8H18N2.2C8H17NO/c4*1-9(2,3)10-7-5-4-6-8-10;1-8(2,3)10-6-4-9-5-7-10;1-8(2,3)9-4-6-10-7-5-9;1-8(2,3)9-5-4-6-10-7-9/h2*4-8H2,1-3H3;5,7H,4,6,8H2,1-3H3;4-5H,6-8H2,1-3H3;9H,4-7H2,1-3H3;2*4-7H2,1-3H3. The van der Waals surface area contributed by atoms with Crippen molar-refractivity contribution in [3.8, 4) is 0 Å². The van der Waals surface area contributed by atoms with Crippen molar-refractivity contribution in [1.29, 1.82) is 0 Å². The van der Waals surface area contributed by atoms with E-state index in [4.69, 9.17) is 9.47 Å². The molecule has 416 valence electrons. The average Bonchev–Trinajstić information content (AvgIpc) is 3.30. The van der Waals surface area contributed by atoms with Crippen LogP contribution in [0.5, 0.6) is 0 Å². The van der Waals surface area contributed by atoms with Gasteiger partial charge in [-0.25, -0.2) is 0 Å². The molecule has 10 heteroatoms. The van der Waals surface area contributed by atoms with E-state index in [9.17, 15) is 0 Å². The summed E-state index contributed by atoms with van der Waals surface area (Å²) < 4.78 is 10.6. The van der Waals surface area contributed by atoms with Crippen molar-refractivity contribution in [3.63, 3.8) is 0 Å². The summed E-state index contributed by atoms with van der Waals surface area (Å²) in [4.78, 5) is 17.4. The number of nitrogens with one attached hydrogen (secondary N) is 1. The number of hydrogen-bond donors (Lipinski definition) is 1. The molecule has 0 aliphatic carbocycles. The fraction of sp³-hybridized carbons (Fsp3) is 0.933. The summed E-state index contributed by atoms with van der Waals surface area (Å²) in [6, 6.07) is 0. The summed E-state index contributed by atoms with van der Waals surface area (Å²) in [7, 11) is 0. The normalized spacial score (nSPS) is 22.4. The first-order valence-electron chi connectivity index (χ1n) is 28.7. The van der Waals surface area contributed by atoms with Crippen molar-refractivity contribution in [2.24, 2.45) is 0 Å². The molecule has 0 radical (unpaired) electrons. The molecule has 0 spiro atoms. The van der Waals surface area contributed by atoms with Crippen LogP contribution in [0.1, 0.15) is 210 Å². The van der Waals surface area contributed by atoms with Crippen LogP contribution in [-0.4, -0.2) is 191 Å². The Morgan fingerprint density at radius 2 is 0.729 bits per heavy atom. The zero-order chi connectivity index (χ0) is 53.3. The second kappa shape index (κ2) is 32.4. The first-order valence-corrected chi connectivity index (χ1v) is 28.7. The van der Waals surface area contributed by atoms with Crippen molar-refractivity contribution < 1.29 is 9.47 Å². The van der Waals surface area contributed by atoms with Gasteiger partial charge in [-0.15, -0.1) is 0 Å². The number of nitrogens with zero attached hydrogens (tertiary/aromatic N) is 7. The third kappa shape index (κ3) is 31.0. The average molecular weight is 990 g/mol. The number of hydrogen-bond acceptors (Lipinski definition) is 10. The molecule has 5 saturated heterocycles. The van der Waals surface area contributed by atoms with E-state index in [1.165, 1.54) is 123 Å². The number of likely N-dealkylation sites (tertiary alicyclic amines) is 2. The fourth-order valence-corrected chi connectivity index (χ4v) is 9.29. The highest BCUT2D eigenvalue weighted by Gasteiger charge is 2.26. The molecule has 0 aromatic rings. The van der Waals surface area contributed by atoms with E-state index in [1.54, 1.807) is 0 Å². The molecule has 70 heavy (non-hydrogen) atoms. The summed E-state index contributed by atoms with van der Waals surface area (Å²) in [6.07, 6.45) is 22.5. The van der Waals surface area contributed by atoms with Crippen LogP contribution >= 0.6 is 0 Å². The Morgan fingerprint density at radius 3 is 0.986 bits per heavy atom. The van der Waals surface area contributed by atoms with E-state index in [1.807, 2.05) is 0 Å². The minimum absolute atomic E-state index is 0.278. The molecule has 1 N–H and O–H groups in total. The number of piperazine rings is 1. The Balaban J connectivity index is 0.000000408. The lowest BCUT2D eigenvalue weighted by molar-refractivity contribution is -0.0560. The number of allylic oxidation sites excluding steroid dienone is 1. The molecule has 0 saturated carbocycles. The van der Waals surface area contributed by atoms with Crippen molar-refractivity contribution in [2.45, 2.75) is 248 Å². The predicted molar refractivity (Wildman–Crippen MR) is 309 cm³/mol. The number of rotatable bonds is 0. The summed E-state index contributed by atoms with van der Waals surface area (Å²) in [5, 5.41) is 3.35. The Morgan fingerprint density at radius 1 is 0.314 bits per heavy atom. The van der Waals surface area contributed by atoms with E-state index in [0.29, 0.717) is 33.2 Å². The summed E-state index contributed by atoms with van der Waals surface area (Å²) in [5.41, 5.74) is 2.44. The van der Waals surface area contributed by atoms with Crippen LogP contribution in [0.2, 0.25) is 0 Å². The van der Waals surface area contributed by atoms with Gasteiger partial charge in [0.05, 0.1) is 19.9 Å². The Hall–Kier alpha value is -1.08. The van der Waals surface area contributed by atoms with Crippen LogP contribution in [-0.2, 0) is 9.47 Å². The number of ether oxygens (including phenoxy) is 2. The van der Waals surface area contributed by atoms with Gasteiger partial charge >= 0.3 is 0 Å². The van der Waals surface area contributed by atoms with E-state index in [0.717, 1.165) is 59.3 Å². The Bertz CT molecular complexity index is 1180. The van der Waals surface area contributed by atoms with E-state index >= 15 is 0 Å². The molecule has 7 aliphatic rings. The number of piperidine rings is 2. The molecule has 0 amide bonds. The van der Waals surface area contributed by atoms with Gasteiger partial charge < -0.3 is 19.7 Å². The predicted octanol–water partition coefficient (Wildman–Crippen LogP) is 12.3. The van der Waals surface area contributed by atoms with Crippen LogP contribution in [0, 0.1) is 0 Å². The molecule has 7 rings (SSSR count). The molecular weight excluding hydrogens is 865 g/mol. The molecule has 10 nitrogen and oxygen atoms in total. The second-order valence-corrected chi connectivity index (χ2v) is 27.7. The number of morpholine rings is 1. The molecule has 0 aromatic heterocycles. The van der Waals surface area contributed by atoms with Crippen molar-refractivity contribution >= 4 is 0 Å². The monoisotopic (exact) mass is 989 g/mol. The largest absolute Gasteiger partial charge is 0.379 e. The van der Waals surface area contributed by atoms with Crippen molar-refractivity contribution in [3.05, 3.63) is 24.4 Å². The highest BCUT2D eigenvalue weighted by Crippen LogP contribution is 2.22. The first kappa shape index (κ1) is 66.9. The third-order valence-corrected chi connectivity index (χ3v) is 14.5. The lowest BCUT2D eigenvalue weighted by Gasteiger charge is -2.38. The minimum atomic E-state index is 0.278. The lowest BCUT2D eigenvalue weighted by atomic mass is 10.0. The van der Waals surface area contributed by atoms with Crippen LogP contribution in [0.4, 0.5) is 0 Å².